The molecule has 0 bridgehead atoms. The van der Waals surface area contributed by atoms with Crippen molar-refractivity contribution in [2.24, 2.45) is 0 Å². The highest BCUT2D eigenvalue weighted by atomic mass is 32.1. The van der Waals surface area contributed by atoms with E-state index >= 15 is 0 Å². The molecule has 5 heteroatoms. The molecule has 0 rings (SSSR count). The Morgan fingerprint density at radius 3 is 0.971 bits per heavy atom. The van der Waals surface area contributed by atoms with Crippen LogP contribution in [0.4, 0.5) is 0 Å². The van der Waals surface area contributed by atoms with E-state index in [4.69, 9.17) is 13.3 Å². The average molecular weight is 533 g/mol. The predicted octanol–water partition coefficient (Wildman–Crippen LogP) is 10.5. The van der Waals surface area contributed by atoms with Gasteiger partial charge in [-0.25, -0.2) is 0 Å². The number of hydrogen-bond acceptors (Lipinski definition) is 4. The van der Waals surface area contributed by atoms with E-state index in [0.29, 0.717) is 0 Å². The molecule has 0 unspecified atom stereocenters. The van der Waals surface area contributed by atoms with Crippen LogP contribution < -0.4 is 0 Å². The minimum absolute atomic E-state index is 0.792. The maximum atomic E-state index is 6.54. The van der Waals surface area contributed by atoms with Crippen molar-refractivity contribution >= 4 is 21.4 Å². The zero-order chi connectivity index (χ0) is 25.7. The first kappa shape index (κ1) is 35.4. The van der Waals surface area contributed by atoms with Gasteiger partial charge in [0, 0.05) is 25.9 Å². The third-order valence-electron chi connectivity index (χ3n) is 6.85. The largest absolute Gasteiger partial charge is 0.500 e. The summed E-state index contributed by atoms with van der Waals surface area (Å²) in [6.45, 7) is 9.22. The topological polar surface area (TPSA) is 27.7 Å². The lowest BCUT2D eigenvalue weighted by atomic mass is 10.1. The SMILES string of the molecule is CCCCCCCCCO[Si](CCCS)(OCCCCCCCCC)OCCCCCCCCC. The minimum atomic E-state index is -2.61. The molecule has 0 spiro atoms. The van der Waals surface area contributed by atoms with Crippen LogP contribution in [0.1, 0.15) is 162 Å². The van der Waals surface area contributed by atoms with Crippen LogP contribution in [-0.2, 0) is 13.3 Å². The summed E-state index contributed by atoms with van der Waals surface area (Å²) >= 11 is 4.48. The molecule has 0 radical (unpaired) electrons. The molecular formula is C30H64O3SSi. The van der Waals surface area contributed by atoms with Crippen molar-refractivity contribution in [3.63, 3.8) is 0 Å². The summed E-state index contributed by atoms with van der Waals surface area (Å²) in [5.74, 6) is 0.872. The number of rotatable bonds is 30. The van der Waals surface area contributed by atoms with Gasteiger partial charge in [-0.3, -0.25) is 0 Å². The van der Waals surface area contributed by atoms with Gasteiger partial charge < -0.3 is 13.3 Å². The number of hydrogen-bond donors (Lipinski definition) is 1. The maximum absolute atomic E-state index is 6.54. The van der Waals surface area contributed by atoms with Gasteiger partial charge in [0.25, 0.3) is 0 Å². The second kappa shape index (κ2) is 29.0. The Morgan fingerprint density at radius 1 is 0.400 bits per heavy atom. The zero-order valence-electron chi connectivity index (χ0n) is 24.3. The highest BCUT2D eigenvalue weighted by molar-refractivity contribution is 7.80. The summed E-state index contributed by atoms with van der Waals surface area (Å²) in [6, 6.07) is 0.917. The van der Waals surface area contributed by atoms with Crippen LogP contribution >= 0.6 is 12.6 Å². The highest BCUT2D eigenvalue weighted by Crippen LogP contribution is 2.22. The molecule has 0 aliphatic heterocycles. The van der Waals surface area contributed by atoms with Gasteiger partial charge in [-0.2, -0.15) is 12.6 Å². The summed E-state index contributed by atoms with van der Waals surface area (Å²) < 4.78 is 19.6. The highest BCUT2D eigenvalue weighted by Gasteiger charge is 2.40. The van der Waals surface area contributed by atoms with E-state index in [0.717, 1.165) is 57.3 Å². The molecule has 0 aromatic rings. The van der Waals surface area contributed by atoms with E-state index in [1.165, 1.54) is 116 Å². The molecule has 0 aromatic heterocycles. The van der Waals surface area contributed by atoms with Crippen molar-refractivity contribution in [3.05, 3.63) is 0 Å². The molecule has 212 valence electrons. The Labute approximate surface area is 228 Å². The van der Waals surface area contributed by atoms with Gasteiger partial charge in [0.15, 0.2) is 0 Å². The van der Waals surface area contributed by atoms with Crippen molar-refractivity contribution in [1.82, 2.24) is 0 Å². The Hall–Kier alpha value is 0.447. The monoisotopic (exact) mass is 532 g/mol. The van der Waals surface area contributed by atoms with E-state index in [1.54, 1.807) is 0 Å². The maximum Gasteiger partial charge on any atom is 0.500 e. The summed E-state index contributed by atoms with van der Waals surface area (Å²) in [5.41, 5.74) is 0. The van der Waals surface area contributed by atoms with Crippen LogP contribution in [0.25, 0.3) is 0 Å². The van der Waals surface area contributed by atoms with Crippen LogP contribution in [-0.4, -0.2) is 34.4 Å². The smallest absolute Gasteiger partial charge is 0.373 e. The van der Waals surface area contributed by atoms with Gasteiger partial charge in [0.05, 0.1) is 0 Å². The van der Waals surface area contributed by atoms with Crippen molar-refractivity contribution in [3.8, 4) is 0 Å². The van der Waals surface area contributed by atoms with E-state index < -0.39 is 8.80 Å². The fraction of sp³-hybridized carbons (Fsp3) is 1.00. The van der Waals surface area contributed by atoms with Gasteiger partial charge >= 0.3 is 8.80 Å². The van der Waals surface area contributed by atoms with Gasteiger partial charge in [0.2, 0.25) is 0 Å². The Morgan fingerprint density at radius 2 is 0.686 bits per heavy atom. The van der Waals surface area contributed by atoms with Gasteiger partial charge in [-0.15, -0.1) is 0 Å². The third-order valence-corrected chi connectivity index (χ3v) is 10.1. The van der Waals surface area contributed by atoms with Crippen LogP contribution in [0.3, 0.4) is 0 Å². The Balaban J connectivity index is 4.50. The van der Waals surface area contributed by atoms with Crippen LogP contribution in [0.15, 0.2) is 0 Å². The fourth-order valence-electron chi connectivity index (χ4n) is 4.50. The number of unbranched alkanes of at least 4 members (excludes halogenated alkanes) is 18. The molecular weight excluding hydrogens is 468 g/mol. The van der Waals surface area contributed by atoms with E-state index in [1.807, 2.05) is 0 Å². The van der Waals surface area contributed by atoms with Crippen LogP contribution in [0.2, 0.25) is 6.04 Å². The molecule has 0 saturated carbocycles. The summed E-state index contributed by atoms with van der Waals surface area (Å²) in [5, 5.41) is 0. The van der Waals surface area contributed by atoms with Crippen molar-refractivity contribution in [2.45, 2.75) is 168 Å². The molecule has 0 aliphatic carbocycles. The summed E-state index contributed by atoms with van der Waals surface area (Å²) in [7, 11) is -2.61. The average Bonchev–Trinajstić information content (AvgIpc) is 2.87. The summed E-state index contributed by atoms with van der Waals surface area (Å²) in [6.07, 6.45) is 28.4. The number of thiol groups is 1. The van der Waals surface area contributed by atoms with E-state index in [2.05, 4.69) is 33.4 Å². The lowest BCUT2D eigenvalue weighted by molar-refractivity contribution is 0.0551. The van der Waals surface area contributed by atoms with Crippen LogP contribution in [0.5, 0.6) is 0 Å². The predicted molar refractivity (Wildman–Crippen MR) is 161 cm³/mol. The molecule has 0 atom stereocenters. The normalized spacial score (nSPS) is 12.0. The van der Waals surface area contributed by atoms with Crippen LogP contribution in [0, 0.1) is 0 Å². The lowest BCUT2D eigenvalue weighted by Crippen LogP contribution is -2.46. The van der Waals surface area contributed by atoms with Crippen molar-refractivity contribution in [1.29, 1.82) is 0 Å². The molecule has 3 nitrogen and oxygen atoms in total. The van der Waals surface area contributed by atoms with E-state index in [-0.39, 0.29) is 0 Å². The second-order valence-electron chi connectivity index (χ2n) is 10.4. The molecule has 35 heavy (non-hydrogen) atoms. The third kappa shape index (κ3) is 24.5. The molecule has 0 aliphatic rings. The first-order valence-corrected chi connectivity index (χ1v) is 18.3. The van der Waals surface area contributed by atoms with Gasteiger partial charge in [-0.1, -0.05) is 136 Å². The molecule has 0 amide bonds. The zero-order valence-corrected chi connectivity index (χ0v) is 26.2. The second-order valence-corrected chi connectivity index (χ2v) is 13.6. The summed E-state index contributed by atoms with van der Waals surface area (Å²) in [4.78, 5) is 0. The van der Waals surface area contributed by atoms with Gasteiger partial charge in [-0.05, 0) is 31.4 Å². The molecule has 0 aromatic carbocycles. The van der Waals surface area contributed by atoms with Crippen molar-refractivity contribution < 1.29 is 13.3 Å². The first-order valence-electron chi connectivity index (χ1n) is 15.8. The minimum Gasteiger partial charge on any atom is -0.373 e. The Bertz CT molecular complexity index is 347. The first-order chi connectivity index (χ1) is 17.2. The molecule has 0 heterocycles. The molecule has 0 N–H and O–H groups in total. The fourth-order valence-corrected chi connectivity index (χ4v) is 7.61. The van der Waals surface area contributed by atoms with Gasteiger partial charge in [0.1, 0.15) is 0 Å². The molecule has 0 fully saturated rings. The standard InChI is InChI=1S/C30H64O3SSi/c1-4-7-10-13-16-19-22-26-31-35(30-25-29-34,32-27-23-20-17-14-11-8-5-2)33-28-24-21-18-15-12-9-6-3/h34H,4-30H2,1-3H3. The molecule has 0 saturated heterocycles. The Kier molecular flexibility index (Phi) is 29.4. The van der Waals surface area contributed by atoms with E-state index in [9.17, 15) is 0 Å². The lowest BCUT2D eigenvalue weighted by Gasteiger charge is -2.30. The van der Waals surface area contributed by atoms with Crippen molar-refractivity contribution in [2.75, 3.05) is 25.6 Å². The quantitative estimate of drug-likeness (QED) is 0.0566.